The minimum absolute atomic E-state index is 0.0614. The number of benzene rings is 8. The molecule has 21 saturated carbocycles. The third-order valence-corrected chi connectivity index (χ3v) is 35.8. The van der Waals surface area contributed by atoms with Crippen molar-refractivity contribution in [1.29, 1.82) is 0 Å². The van der Waals surface area contributed by atoms with Gasteiger partial charge in [0, 0.05) is 34.4 Å². The Kier molecular flexibility index (Phi) is 9.42. The molecule has 101 heavy (non-hydrogen) atoms. The second-order valence-corrected chi connectivity index (χ2v) is 38.7. The molecular formula is C90H78B3F2NO5. The Hall–Kier alpha value is -7.39. The van der Waals surface area contributed by atoms with Gasteiger partial charge >= 0.3 is 0 Å². The molecule has 6 heterocycles. The lowest BCUT2D eigenvalue weighted by Gasteiger charge is -2.72. The number of rotatable bonds is 4. The summed E-state index contributed by atoms with van der Waals surface area (Å²) in [5.41, 5.74) is 15.3. The summed E-state index contributed by atoms with van der Waals surface area (Å²) in [6.45, 7) is -0.805. The number of hydrogen-bond acceptors (Lipinski definition) is 6. The average Bonchev–Trinajstić information content (AvgIpc) is 0.681. The Labute approximate surface area is 589 Å². The first-order valence-corrected chi connectivity index (χ1v) is 40.3. The lowest BCUT2D eigenvalue weighted by atomic mass is 9.29. The largest absolute Gasteiger partial charge is 0.458 e. The van der Waals surface area contributed by atoms with E-state index < -0.39 is 18.3 Å². The van der Waals surface area contributed by atoms with Crippen molar-refractivity contribution in [2.75, 3.05) is 4.90 Å². The van der Waals surface area contributed by atoms with Crippen LogP contribution in [-0.4, -0.2) is 20.1 Å². The molecule has 21 fully saturated rings. The highest BCUT2D eigenvalue weighted by atomic mass is 19.1. The van der Waals surface area contributed by atoms with Crippen LogP contribution in [0.5, 0.6) is 57.5 Å². The molecule has 0 aromatic heterocycles. The zero-order chi connectivity index (χ0) is 64.6. The fourth-order valence-electron chi connectivity index (χ4n) is 33.3. The number of nitrogens with zero attached hydrogens (tertiary/aromatic N) is 1. The Bertz CT molecular complexity index is 5090. The Morgan fingerprint density at radius 1 is 0.277 bits per heavy atom. The van der Waals surface area contributed by atoms with E-state index in [4.69, 9.17) is 23.7 Å². The minimum Gasteiger partial charge on any atom is -0.458 e. The second kappa shape index (κ2) is 17.5. The molecule has 8 aromatic carbocycles. The third-order valence-electron chi connectivity index (χ3n) is 35.8. The molecule has 0 N–H and O–H groups in total. The molecule has 24 bridgehead atoms. The Morgan fingerprint density at radius 3 is 0.980 bits per heavy atom. The summed E-state index contributed by atoms with van der Waals surface area (Å²) in [7, 11) is 0. The predicted molar refractivity (Wildman–Crippen MR) is 389 cm³/mol. The van der Waals surface area contributed by atoms with Crippen LogP contribution in [-0.2, 0) is 16.2 Å². The first kappa shape index (κ1) is 54.3. The van der Waals surface area contributed by atoms with Gasteiger partial charge in [0.05, 0.1) is 0 Å². The molecule has 0 amide bonds. The molecule has 0 atom stereocenters. The highest BCUT2D eigenvalue weighted by Crippen LogP contribution is 2.78. The van der Waals surface area contributed by atoms with Gasteiger partial charge in [-0.3, -0.25) is 0 Å². The Morgan fingerprint density at radius 2 is 0.594 bits per heavy atom. The number of para-hydroxylation sites is 3. The smallest absolute Gasteiger partial charge is 0.260 e. The van der Waals surface area contributed by atoms with Crippen LogP contribution in [0.25, 0.3) is 0 Å². The molecule has 35 rings (SSSR count). The van der Waals surface area contributed by atoms with Crippen LogP contribution in [0.1, 0.15) is 132 Å². The molecule has 496 valence electrons. The fraction of sp³-hybridized carbons (Fsp3) is 0.467. The van der Waals surface area contributed by atoms with Gasteiger partial charge in [0.1, 0.15) is 74.8 Å². The fourth-order valence-corrected chi connectivity index (χ4v) is 33.3. The van der Waals surface area contributed by atoms with Gasteiger partial charge in [0.2, 0.25) is 0 Å². The summed E-state index contributed by atoms with van der Waals surface area (Å²) >= 11 is 0. The van der Waals surface area contributed by atoms with E-state index in [0.717, 1.165) is 242 Å². The van der Waals surface area contributed by atoms with Crippen LogP contribution in [0.2, 0.25) is 0 Å². The van der Waals surface area contributed by atoms with E-state index in [0.29, 0.717) is 0 Å². The quantitative estimate of drug-likeness (QED) is 0.164. The zero-order valence-electron chi connectivity index (χ0n) is 57.0. The standard InChI is InChI=1S/C90H78B3F2NO5/c94-70-8-5-9-71(95)87(70)96-72-29-76-67(91-64-6-1-3-10-74(64)97-80-23-44(25-82(99-76)85(80)91)89-34-58-49-15-41-16-50(58)60(36-89)51(17-41)59(49)35-89)27-66(72)93-69-28-68-77(30-78(69)100-79-22-43(21-73(96)84(79)93)88-31-55-46-12-40-13-47(55)57(33-88)48(14-40)56(46)32-88)101-83-26-45(24-81-86(83)92(68)65-7-2-4-11-75(65)98-81)90-37-61-52-18-42-19-53(61)63(39-90)54(20-42)62(52)38-90/h1-11,21-30,40-42,46-63H,12-20,31-39H2. The van der Waals surface area contributed by atoms with Crippen LogP contribution in [0.4, 0.5) is 25.8 Å². The number of anilines is 3. The number of fused-ring (bicyclic) bond motifs is 12. The summed E-state index contributed by atoms with van der Waals surface area (Å²) in [4.78, 5) is 1.99. The summed E-state index contributed by atoms with van der Waals surface area (Å²) in [6, 6.07) is 45.9. The maximum absolute atomic E-state index is 17.8. The van der Waals surface area contributed by atoms with E-state index >= 15 is 8.78 Å². The van der Waals surface area contributed by atoms with Gasteiger partial charge < -0.3 is 28.6 Å². The van der Waals surface area contributed by atoms with Gasteiger partial charge in [-0.25, -0.2) is 8.78 Å². The van der Waals surface area contributed by atoms with Crippen LogP contribution >= 0.6 is 0 Å². The van der Waals surface area contributed by atoms with Crippen molar-refractivity contribution in [3.8, 4) is 57.5 Å². The van der Waals surface area contributed by atoms with Gasteiger partial charge in [0.15, 0.2) is 0 Å². The van der Waals surface area contributed by atoms with Crippen molar-refractivity contribution in [2.24, 2.45) is 124 Å². The van der Waals surface area contributed by atoms with Crippen molar-refractivity contribution < 1.29 is 32.5 Å². The number of halogens is 2. The summed E-state index contributed by atoms with van der Waals surface area (Å²) < 4.78 is 73.3. The summed E-state index contributed by atoms with van der Waals surface area (Å²) in [5.74, 6) is 25.3. The first-order chi connectivity index (χ1) is 49.6. The lowest BCUT2D eigenvalue weighted by Crippen LogP contribution is -2.66. The monoisotopic (exact) mass is 1320 g/mol. The van der Waals surface area contributed by atoms with E-state index in [9.17, 15) is 0 Å². The van der Waals surface area contributed by atoms with Crippen molar-refractivity contribution >= 4 is 86.4 Å². The molecule has 0 unspecified atom stereocenters. The zero-order valence-corrected chi connectivity index (χ0v) is 57.0. The second-order valence-electron chi connectivity index (χ2n) is 38.7. The SMILES string of the molecule is Fc1cccc(F)c1N1c2cc3c(cc2B2c4cc5c(cc4Oc4cc(C67CC8C9CC%10CC8C(C6)C(C%10)C9C7)cc1c42)Oc1cc(C24CC6C7CC8CC6C(C2)C(C8)C7C4)cc2c1B5c1ccccc1O2)B1c2ccccc2Oc2cc(C45CC6C7CC8CC6C(C4)C(C8)C7C5)cc(c21)O3. The predicted octanol–water partition coefficient (Wildman–Crippen LogP) is 14.7. The Balaban J connectivity index is 0.642. The molecule has 0 radical (unpaired) electrons. The normalized spacial score (nSPS) is 41.2. The highest BCUT2D eigenvalue weighted by molar-refractivity contribution is 7.03. The van der Waals surface area contributed by atoms with Gasteiger partial charge in [-0.05, 0) is 372 Å². The van der Waals surface area contributed by atoms with E-state index in [-0.39, 0.29) is 35.4 Å². The highest BCUT2D eigenvalue weighted by Gasteiger charge is 2.71. The first-order valence-electron chi connectivity index (χ1n) is 40.3. The molecule has 0 spiro atoms. The van der Waals surface area contributed by atoms with E-state index in [1.165, 1.54) is 150 Å². The van der Waals surface area contributed by atoms with Crippen LogP contribution in [0, 0.1) is 136 Å². The van der Waals surface area contributed by atoms with Gasteiger partial charge in [-0.15, -0.1) is 0 Å². The van der Waals surface area contributed by atoms with E-state index in [1.807, 2.05) is 4.90 Å². The maximum Gasteiger partial charge on any atom is 0.260 e. The average molecular weight is 1320 g/mol. The molecule has 6 aliphatic heterocycles. The van der Waals surface area contributed by atoms with Crippen LogP contribution < -0.4 is 77.7 Å². The van der Waals surface area contributed by atoms with Gasteiger partial charge in [-0.1, -0.05) is 54.6 Å². The maximum atomic E-state index is 17.8. The molecule has 6 nitrogen and oxygen atoms in total. The van der Waals surface area contributed by atoms with E-state index in [2.05, 4.69) is 109 Å². The molecule has 0 saturated heterocycles. The van der Waals surface area contributed by atoms with Gasteiger partial charge in [-0.2, -0.15) is 0 Å². The molecule has 21 aliphatic carbocycles. The van der Waals surface area contributed by atoms with Crippen molar-refractivity contribution in [1.82, 2.24) is 0 Å². The van der Waals surface area contributed by atoms with Gasteiger partial charge in [0.25, 0.3) is 20.1 Å². The summed E-state index contributed by atoms with van der Waals surface area (Å²) in [5, 5.41) is 0. The molecule has 11 heteroatoms. The number of ether oxygens (including phenoxy) is 5. The molecule has 27 aliphatic rings. The molecule has 8 aromatic rings. The number of hydrogen-bond donors (Lipinski definition) is 0. The van der Waals surface area contributed by atoms with Crippen LogP contribution in [0.15, 0.2) is 127 Å². The van der Waals surface area contributed by atoms with Crippen molar-refractivity contribution in [3.63, 3.8) is 0 Å². The lowest BCUT2D eigenvalue weighted by molar-refractivity contribution is -0.212. The topological polar surface area (TPSA) is 49.4 Å². The molecular weight excluding hydrogens is 1250 g/mol. The van der Waals surface area contributed by atoms with Crippen molar-refractivity contribution in [3.05, 3.63) is 156 Å². The van der Waals surface area contributed by atoms with E-state index in [1.54, 1.807) is 0 Å². The summed E-state index contributed by atoms with van der Waals surface area (Å²) in [6.07, 6.45) is 24.3. The third kappa shape index (κ3) is 6.29. The van der Waals surface area contributed by atoms with Crippen LogP contribution in [0.3, 0.4) is 0 Å². The van der Waals surface area contributed by atoms with Crippen molar-refractivity contribution in [2.45, 2.75) is 132 Å². The minimum atomic E-state index is -0.592.